The van der Waals surface area contributed by atoms with Gasteiger partial charge < -0.3 is 10.2 Å². The first-order valence-electron chi connectivity index (χ1n) is 11.8. The van der Waals surface area contributed by atoms with Crippen molar-refractivity contribution in [2.45, 2.75) is 19.0 Å². The lowest BCUT2D eigenvalue weighted by Gasteiger charge is -2.33. The Morgan fingerprint density at radius 3 is 2.76 bits per heavy atom. The molecule has 1 saturated heterocycles. The Hall–Kier alpha value is -3.53. The SMILES string of the molecule is [B]c1cnn2c(NCC3CCCN(C(=O)c4cccc(C(F)(F)F)c4)C3)cc(-c3ccccc3Cl)nc12. The fourth-order valence-electron chi connectivity index (χ4n) is 4.59. The number of carbonyl (C=O) groups is 1. The number of halogens is 4. The minimum absolute atomic E-state index is 0.0377. The highest BCUT2D eigenvalue weighted by atomic mass is 35.5. The predicted molar refractivity (Wildman–Crippen MR) is 137 cm³/mol. The highest BCUT2D eigenvalue weighted by Crippen LogP contribution is 2.31. The molecule has 2 radical (unpaired) electrons. The van der Waals surface area contributed by atoms with E-state index >= 15 is 0 Å². The lowest BCUT2D eigenvalue weighted by molar-refractivity contribution is -0.137. The first kappa shape index (κ1) is 25.1. The fourth-order valence-corrected chi connectivity index (χ4v) is 4.82. The maximum absolute atomic E-state index is 13.1. The zero-order valence-electron chi connectivity index (χ0n) is 19.7. The summed E-state index contributed by atoms with van der Waals surface area (Å²) in [4.78, 5) is 19.3. The fraction of sp³-hybridized carbons (Fsp3) is 0.269. The Morgan fingerprint density at radius 2 is 1.97 bits per heavy atom. The summed E-state index contributed by atoms with van der Waals surface area (Å²) in [5, 5.41) is 8.29. The summed E-state index contributed by atoms with van der Waals surface area (Å²) >= 11 is 6.39. The van der Waals surface area contributed by atoms with Crippen LogP contribution in [0, 0.1) is 5.92 Å². The first-order valence-corrected chi connectivity index (χ1v) is 12.2. The molecule has 4 aromatic rings. The number of hydrogen-bond acceptors (Lipinski definition) is 4. The third-order valence-corrected chi connectivity index (χ3v) is 6.79. The van der Waals surface area contributed by atoms with Crippen LogP contribution in [-0.4, -0.2) is 52.9 Å². The van der Waals surface area contributed by atoms with Gasteiger partial charge in [-0.15, -0.1) is 0 Å². The number of nitrogens with one attached hydrogen (secondary N) is 1. The average Bonchev–Trinajstić information content (AvgIpc) is 3.27. The molecule has 37 heavy (non-hydrogen) atoms. The third kappa shape index (κ3) is 5.29. The van der Waals surface area contributed by atoms with Gasteiger partial charge in [-0.2, -0.15) is 22.8 Å². The summed E-state index contributed by atoms with van der Waals surface area (Å²) in [6, 6.07) is 13.8. The van der Waals surface area contributed by atoms with Crippen molar-refractivity contribution in [3.8, 4) is 11.3 Å². The van der Waals surface area contributed by atoms with E-state index in [1.54, 1.807) is 15.5 Å². The molecule has 2 aromatic heterocycles. The number of likely N-dealkylation sites (tertiary alicyclic amines) is 1. The highest BCUT2D eigenvalue weighted by molar-refractivity contribution is 6.36. The predicted octanol–water partition coefficient (Wildman–Crippen LogP) is 4.83. The number of rotatable bonds is 5. The van der Waals surface area contributed by atoms with Crippen LogP contribution in [0.15, 0.2) is 60.8 Å². The standard InChI is InChI=1S/C26H22BClF3N5O/c27-20-14-33-36-23(12-22(34-24(20)36)19-8-1-2-9-21(19)28)32-13-16-5-4-10-35(15-16)25(37)17-6-3-7-18(11-17)26(29,30)31/h1-3,6-9,11-12,14,16,32H,4-5,10,13,15H2. The van der Waals surface area contributed by atoms with Crippen LogP contribution in [0.2, 0.25) is 5.02 Å². The van der Waals surface area contributed by atoms with Gasteiger partial charge in [0.2, 0.25) is 0 Å². The topological polar surface area (TPSA) is 62.5 Å². The Balaban J connectivity index is 1.33. The second-order valence-corrected chi connectivity index (χ2v) is 9.47. The molecular weight excluding hydrogens is 502 g/mol. The molecule has 2 aromatic carbocycles. The van der Waals surface area contributed by atoms with E-state index in [4.69, 9.17) is 19.4 Å². The summed E-state index contributed by atoms with van der Waals surface area (Å²) in [5.74, 6) is 0.351. The van der Waals surface area contributed by atoms with E-state index in [0.29, 0.717) is 47.3 Å². The minimum atomic E-state index is -4.50. The highest BCUT2D eigenvalue weighted by Gasteiger charge is 2.32. The summed E-state index contributed by atoms with van der Waals surface area (Å²) < 4.78 is 40.9. The molecule has 0 spiro atoms. The third-order valence-electron chi connectivity index (χ3n) is 6.46. The molecule has 3 heterocycles. The number of carbonyl (C=O) groups excluding carboxylic acids is 1. The molecule has 1 aliphatic heterocycles. The molecule has 0 saturated carbocycles. The van der Waals surface area contributed by atoms with Crippen molar-refractivity contribution in [3.63, 3.8) is 0 Å². The number of amides is 1. The lowest BCUT2D eigenvalue weighted by Crippen LogP contribution is -2.42. The number of aromatic nitrogens is 3. The molecule has 0 aliphatic carbocycles. The van der Waals surface area contributed by atoms with Gasteiger partial charge in [-0.1, -0.05) is 35.9 Å². The van der Waals surface area contributed by atoms with E-state index in [0.717, 1.165) is 30.5 Å². The smallest absolute Gasteiger partial charge is 0.370 e. The average molecular weight is 524 g/mol. The zero-order valence-corrected chi connectivity index (χ0v) is 20.4. The summed E-state index contributed by atoms with van der Waals surface area (Å²) in [6.07, 6.45) is -1.35. The van der Waals surface area contributed by atoms with Crippen LogP contribution in [0.3, 0.4) is 0 Å². The van der Waals surface area contributed by atoms with Crippen molar-refractivity contribution < 1.29 is 18.0 Å². The van der Waals surface area contributed by atoms with Gasteiger partial charge in [0.05, 0.1) is 11.3 Å². The maximum atomic E-state index is 13.1. The number of anilines is 1. The van der Waals surface area contributed by atoms with E-state index in [9.17, 15) is 18.0 Å². The lowest BCUT2D eigenvalue weighted by atomic mass is 9.97. The van der Waals surface area contributed by atoms with Crippen LogP contribution in [0.1, 0.15) is 28.8 Å². The molecule has 1 unspecified atom stereocenters. The quantitative estimate of drug-likeness (QED) is 0.381. The van der Waals surface area contributed by atoms with Gasteiger partial charge in [0.15, 0.2) is 5.65 Å². The molecule has 6 nitrogen and oxygen atoms in total. The van der Waals surface area contributed by atoms with Crippen LogP contribution in [0.25, 0.3) is 16.9 Å². The Morgan fingerprint density at radius 1 is 1.16 bits per heavy atom. The van der Waals surface area contributed by atoms with Crippen LogP contribution < -0.4 is 10.8 Å². The van der Waals surface area contributed by atoms with Crippen molar-refractivity contribution in [2.75, 3.05) is 25.0 Å². The number of fused-ring (bicyclic) bond motifs is 1. The number of piperidine rings is 1. The van der Waals surface area contributed by atoms with E-state index < -0.39 is 17.6 Å². The molecule has 1 amide bonds. The molecule has 0 bridgehead atoms. The first-order chi connectivity index (χ1) is 17.7. The van der Waals surface area contributed by atoms with Gasteiger partial charge in [0.1, 0.15) is 13.7 Å². The van der Waals surface area contributed by atoms with E-state index in [1.807, 2.05) is 24.3 Å². The molecule has 1 aliphatic rings. The maximum Gasteiger partial charge on any atom is 0.416 e. The van der Waals surface area contributed by atoms with Gasteiger partial charge >= 0.3 is 6.18 Å². The van der Waals surface area contributed by atoms with Crippen molar-refractivity contribution in [1.82, 2.24) is 19.5 Å². The van der Waals surface area contributed by atoms with E-state index in [1.165, 1.54) is 18.3 Å². The monoisotopic (exact) mass is 523 g/mol. The van der Waals surface area contributed by atoms with Gasteiger partial charge in [-0.3, -0.25) is 4.79 Å². The van der Waals surface area contributed by atoms with E-state index in [2.05, 4.69) is 15.4 Å². The molecule has 1 atom stereocenters. The van der Waals surface area contributed by atoms with Gasteiger partial charge in [-0.25, -0.2) is 4.98 Å². The van der Waals surface area contributed by atoms with E-state index in [-0.39, 0.29) is 11.5 Å². The Kier molecular flexibility index (Phi) is 6.85. The van der Waals surface area contributed by atoms with Crippen LogP contribution in [0.5, 0.6) is 0 Å². The van der Waals surface area contributed by atoms with Crippen molar-refractivity contribution in [3.05, 3.63) is 76.9 Å². The van der Waals surface area contributed by atoms with Crippen molar-refractivity contribution >= 4 is 42.3 Å². The largest absolute Gasteiger partial charge is 0.416 e. The number of alkyl halides is 3. The Bertz CT molecular complexity index is 1460. The van der Waals surface area contributed by atoms with Crippen LogP contribution >= 0.6 is 11.6 Å². The molecule has 188 valence electrons. The van der Waals surface area contributed by atoms with Gasteiger partial charge in [-0.05, 0) is 48.5 Å². The summed E-state index contributed by atoms with van der Waals surface area (Å²) in [7, 11) is 6.09. The zero-order chi connectivity index (χ0) is 26.2. The van der Waals surface area contributed by atoms with Crippen molar-refractivity contribution in [2.24, 2.45) is 5.92 Å². The molecule has 1 N–H and O–H groups in total. The van der Waals surface area contributed by atoms with Crippen LogP contribution in [0.4, 0.5) is 19.0 Å². The summed E-state index contributed by atoms with van der Waals surface area (Å²) in [6.45, 7) is 1.44. The number of hydrogen-bond donors (Lipinski definition) is 1. The van der Waals surface area contributed by atoms with Gasteiger partial charge in [0.25, 0.3) is 5.91 Å². The molecule has 11 heteroatoms. The second-order valence-electron chi connectivity index (χ2n) is 9.06. The second kappa shape index (κ2) is 10.1. The van der Waals surface area contributed by atoms with Gasteiger partial charge in [0, 0.05) is 48.0 Å². The van der Waals surface area contributed by atoms with Crippen LogP contribution in [-0.2, 0) is 6.18 Å². The molecule has 1 fully saturated rings. The summed E-state index contributed by atoms with van der Waals surface area (Å²) in [5.41, 5.74) is 1.51. The molecular formula is C26H22BClF3N5O. The normalized spacial score (nSPS) is 16.2. The minimum Gasteiger partial charge on any atom is -0.370 e. The number of nitrogens with zero attached hydrogens (tertiary/aromatic N) is 4. The Labute approximate surface area is 217 Å². The molecule has 5 rings (SSSR count). The van der Waals surface area contributed by atoms with Crippen molar-refractivity contribution in [1.29, 1.82) is 0 Å². The number of benzene rings is 2.